The predicted molar refractivity (Wildman–Crippen MR) is 117 cm³/mol. The van der Waals surface area contributed by atoms with Crippen LogP contribution >= 0.6 is 11.8 Å². The highest BCUT2D eigenvalue weighted by Crippen LogP contribution is 2.38. The highest BCUT2D eigenvalue weighted by molar-refractivity contribution is 8.01. The van der Waals surface area contributed by atoms with Gasteiger partial charge in [-0.25, -0.2) is 12.8 Å². The number of nitrogens with zero attached hydrogens (tertiary/aromatic N) is 1. The standard InChI is InChI=1S/C21H22FN3O4S2/c22-14-6-5-7-15(12-14)24-31(28,29)16-8-9-18-17(13-16)23-20(26)19(30-18)21(27)25-10-3-1-2-4-11-25/h5-9,12-13,19,24H,1-4,10-11H2,(H,23,26)/t19-/m0/s1. The average Bonchev–Trinajstić information content (AvgIpc) is 3.01. The van der Waals surface area contributed by atoms with Crippen molar-refractivity contribution in [2.24, 2.45) is 0 Å². The summed E-state index contributed by atoms with van der Waals surface area (Å²) in [7, 11) is -3.98. The molecule has 0 bridgehead atoms. The Labute approximate surface area is 184 Å². The molecule has 4 rings (SSSR count). The lowest BCUT2D eigenvalue weighted by atomic mass is 10.2. The van der Waals surface area contributed by atoms with E-state index in [2.05, 4.69) is 10.0 Å². The van der Waals surface area contributed by atoms with Gasteiger partial charge in [0.05, 0.1) is 16.3 Å². The predicted octanol–water partition coefficient (Wildman–Crippen LogP) is 3.44. The number of benzene rings is 2. The van der Waals surface area contributed by atoms with Crippen LogP contribution in [0.4, 0.5) is 15.8 Å². The Hall–Kier alpha value is -2.59. The zero-order valence-corrected chi connectivity index (χ0v) is 18.3. The van der Waals surface area contributed by atoms with Crippen molar-refractivity contribution in [2.75, 3.05) is 23.1 Å². The van der Waals surface area contributed by atoms with Gasteiger partial charge in [-0.3, -0.25) is 14.3 Å². The monoisotopic (exact) mass is 463 g/mol. The first-order chi connectivity index (χ1) is 14.8. The maximum absolute atomic E-state index is 13.4. The fourth-order valence-electron chi connectivity index (χ4n) is 3.64. The molecule has 2 aromatic carbocycles. The zero-order valence-electron chi connectivity index (χ0n) is 16.6. The summed E-state index contributed by atoms with van der Waals surface area (Å²) in [5.74, 6) is -1.23. The van der Waals surface area contributed by atoms with Gasteiger partial charge in [-0.05, 0) is 49.2 Å². The third kappa shape index (κ3) is 4.85. The summed E-state index contributed by atoms with van der Waals surface area (Å²) in [5.41, 5.74) is 0.427. The van der Waals surface area contributed by atoms with E-state index in [1.165, 1.54) is 30.3 Å². The average molecular weight is 464 g/mol. The maximum atomic E-state index is 13.4. The molecule has 2 aromatic rings. The lowest BCUT2D eigenvalue weighted by molar-refractivity contribution is -0.133. The molecule has 0 unspecified atom stereocenters. The minimum absolute atomic E-state index is 0.0753. The van der Waals surface area contributed by atoms with Gasteiger partial charge in [-0.15, -0.1) is 11.8 Å². The van der Waals surface area contributed by atoms with Gasteiger partial charge in [0.25, 0.3) is 10.0 Å². The van der Waals surface area contributed by atoms with Crippen LogP contribution in [-0.2, 0) is 19.6 Å². The first-order valence-electron chi connectivity index (χ1n) is 10.0. The summed E-state index contributed by atoms with van der Waals surface area (Å²) in [6.45, 7) is 1.30. The van der Waals surface area contributed by atoms with E-state index in [1.807, 2.05) is 0 Å². The van der Waals surface area contributed by atoms with Gasteiger partial charge < -0.3 is 10.2 Å². The largest absolute Gasteiger partial charge is 0.341 e. The lowest BCUT2D eigenvalue weighted by Crippen LogP contribution is -2.45. The SMILES string of the molecule is O=C1Nc2cc(S(=O)(=O)Nc3cccc(F)c3)ccc2S[C@@H]1C(=O)N1CCCCCC1. The van der Waals surface area contributed by atoms with Gasteiger partial charge in [0.2, 0.25) is 11.8 Å². The van der Waals surface area contributed by atoms with Crippen LogP contribution in [0.2, 0.25) is 0 Å². The highest BCUT2D eigenvalue weighted by Gasteiger charge is 2.36. The number of fused-ring (bicyclic) bond motifs is 1. The van der Waals surface area contributed by atoms with Gasteiger partial charge in [0.15, 0.2) is 5.25 Å². The normalized spacial score (nSPS) is 19.2. The van der Waals surface area contributed by atoms with Crippen molar-refractivity contribution in [1.29, 1.82) is 0 Å². The van der Waals surface area contributed by atoms with E-state index in [1.54, 1.807) is 11.0 Å². The summed E-state index contributed by atoms with van der Waals surface area (Å²) in [6, 6.07) is 9.45. The van der Waals surface area contributed by atoms with E-state index in [9.17, 15) is 22.4 Å². The van der Waals surface area contributed by atoms with Gasteiger partial charge >= 0.3 is 0 Å². The summed E-state index contributed by atoms with van der Waals surface area (Å²) >= 11 is 1.13. The Morgan fingerprint density at radius 2 is 1.84 bits per heavy atom. The van der Waals surface area contributed by atoms with E-state index < -0.39 is 27.0 Å². The third-order valence-corrected chi connectivity index (χ3v) is 7.86. The summed E-state index contributed by atoms with van der Waals surface area (Å²) < 4.78 is 41.0. The number of thioether (sulfide) groups is 1. The summed E-state index contributed by atoms with van der Waals surface area (Å²) in [6.07, 6.45) is 4.02. The number of halogens is 1. The van der Waals surface area contributed by atoms with Gasteiger partial charge in [0, 0.05) is 18.0 Å². The number of rotatable bonds is 4. The Morgan fingerprint density at radius 1 is 1.10 bits per heavy atom. The quantitative estimate of drug-likeness (QED) is 0.678. The first-order valence-corrected chi connectivity index (χ1v) is 12.4. The summed E-state index contributed by atoms with van der Waals surface area (Å²) in [5, 5.41) is 1.78. The van der Waals surface area contributed by atoms with Crippen molar-refractivity contribution < 1.29 is 22.4 Å². The highest BCUT2D eigenvalue weighted by atomic mass is 32.2. The molecule has 2 aliphatic rings. The smallest absolute Gasteiger partial charge is 0.261 e. The molecule has 0 spiro atoms. The lowest BCUT2D eigenvalue weighted by Gasteiger charge is -2.28. The Morgan fingerprint density at radius 3 is 2.55 bits per heavy atom. The van der Waals surface area contributed by atoms with Crippen LogP contribution < -0.4 is 10.0 Å². The van der Waals surface area contributed by atoms with Crippen molar-refractivity contribution in [3.63, 3.8) is 0 Å². The number of likely N-dealkylation sites (tertiary alicyclic amines) is 1. The first kappa shape index (κ1) is 21.6. The number of nitrogens with one attached hydrogen (secondary N) is 2. The van der Waals surface area contributed by atoms with Crippen LogP contribution in [0.25, 0.3) is 0 Å². The topological polar surface area (TPSA) is 95.6 Å². The van der Waals surface area contributed by atoms with Crippen molar-refractivity contribution in [2.45, 2.75) is 40.7 Å². The number of sulfonamides is 1. The second-order valence-corrected chi connectivity index (χ2v) is 10.3. The van der Waals surface area contributed by atoms with Crippen molar-refractivity contribution in [3.05, 3.63) is 48.3 Å². The maximum Gasteiger partial charge on any atom is 0.261 e. The number of amides is 2. The molecule has 2 N–H and O–H groups in total. The van der Waals surface area contributed by atoms with Crippen molar-refractivity contribution in [3.8, 4) is 0 Å². The molecule has 164 valence electrons. The molecule has 0 aromatic heterocycles. The molecular formula is C21H22FN3O4S2. The fraction of sp³-hybridized carbons (Fsp3) is 0.333. The molecule has 7 nitrogen and oxygen atoms in total. The summed E-state index contributed by atoms with van der Waals surface area (Å²) in [4.78, 5) is 27.8. The molecule has 1 fully saturated rings. The van der Waals surface area contributed by atoms with Crippen LogP contribution in [0.15, 0.2) is 52.3 Å². The van der Waals surface area contributed by atoms with E-state index in [4.69, 9.17) is 0 Å². The number of hydrogen-bond acceptors (Lipinski definition) is 5. The molecule has 2 aliphatic heterocycles. The van der Waals surface area contributed by atoms with Gasteiger partial charge in [-0.1, -0.05) is 18.9 Å². The second-order valence-electron chi connectivity index (χ2n) is 7.50. The number of carbonyl (C=O) groups excluding carboxylic acids is 2. The van der Waals surface area contributed by atoms with Crippen LogP contribution in [0.5, 0.6) is 0 Å². The molecule has 0 aliphatic carbocycles. The fourth-order valence-corrected chi connectivity index (χ4v) is 5.77. The molecule has 0 radical (unpaired) electrons. The van der Waals surface area contributed by atoms with Crippen LogP contribution in [0, 0.1) is 5.82 Å². The van der Waals surface area contributed by atoms with Gasteiger partial charge in [0.1, 0.15) is 5.82 Å². The third-order valence-electron chi connectivity index (χ3n) is 5.22. The van der Waals surface area contributed by atoms with E-state index in [0.29, 0.717) is 23.7 Å². The van der Waals surface area contributed by atoms with Crippen LogP contribution in [0.3, 0.4) is 0 Å². The molecule has 0 saturated carbocycles. The Bertz CT molecular complexity index is 1120. The molecule has 2 amide bonds. The molecular weight excluding hydrogens is 441 g/mol. The molecule has 1 saturated heterocycles. The molecule has 31 heavy (non-hydrogen) atoms. The minimum atomic E-state index is -3.98. The second kappa shape index (κ2) is 8.88. The van der Waals surface area contributed by atoms with E-state index >= 15 is 0 Å². The molecule has 10 heteroatoms. The van der Waals surface area contributed by atoms with Gasteiger partial charge in [-0.2, -0.15) is 0 Å². The van der Waals surface area contributed by atoms with Crippen molar-refractivity contribution in [1.82, 2.24) is 4.90 Å². The number of carbonyl (C=O) groups is 2. The molecule has 1 atom stereocenters. The number of anilines is 2. The van der Waals surface area contributed by atoms with Crippen molar-refractivity contribution >= 4 is 45.0 Å². The Kier molecular flexibility index (Phi) is 6.19. The number of hydrogen-bond donors (Lipinski definition) is 2. The van der Waals surface area contributed by atoms with E-state index in [-0.39, 0.29) is 16.5 Å². The van der Waals surface area contributed by atoms with Crippen LogP contribution in [-0.4, -0.2) is 43.5 Å². The zero-order chi connectivity index (χ0) is 22.0. The minimum Gasteiger partial charge on any atom is -0.341 e. The van der Waals surface area contributed by atoms with Crippen LogP contribution in [0.1, 0.15) is 25.7 Å². The molecule has 2 heterocycles. The Balaban J connectivity index is 1.53. The van der Waals surface area contributed by atoms with E-state index in [0.717, 1.165) is 43.5 Å².